The first-order valence-electron chi connectivity index (χ1n) is 8.49. The van der Waals surface area contributed by atoms with Crippen LogP contribution in [0.3, 0.4) is 0 Å². The third-order valence-corrected chi connectivity index (χ3v) is 4.39. The molecule has 138 valence electrons. The fourth-order valence-electron chi connectivity index (χ4n) is 2.96. The summed E-state index contributed by atoms with van der Waals surface area (Å²) in [4.78, 5) is 23.4. The minimum Gasteiger partial charge on any atom is -0.508 e. The highest BCUT2D eigenvalue weighted by Gasteiger charge is 2.22. The van der Waals surface area contributed by atoms with Crippen molar-refractivity contribution in [3.8, 4) is 5.75 Å². The molecule has 2 amide bonds. The molecule has 0 fully saturated rings. The molecule has 0 bridgehead atoms. The van der Waals surface area contributed by atoms with Crippen LogP contribution >= 0.6 is 0 Å². The number of amides is 2. The number of hydrogen-bond acceptors (Lipinski definition) is 4. The molecule has 2 aromatic carbocycles. The lowest BCUT2D eigenvalue weighted by atomic mass is 9.89. The summed E-state index contributed by atoms with van der Waals surface area (Å²) in [5.74, 6) is -1.96. The maximum atomic E-state index is 11.8. The van der Waals surface area contributed by atoms with E-state index in [0.29, 0.717) is 18.4 Å². The van der Waals surface area contributed by atoms with Gasteiger partial charge in [-0.25, -0.2) is 0 Å². The van der Waals surface area contributed by atoms with Gasteiger partial charge in [-0.05, 0) is 48.9 Å². The summed E-state index contributed by atoms with van der Waals surface area (Å²) in [5.41, 5.74) is 12.6. The Morgan fingerprint density at radius 2 is 1.73 bits per heavy atom. The summed E-state index contributed by atoms with van der Waals surface area (Å²) >= 11 is 0. The number of rotatable bonds is 9. The number of carbonyl (C=O) groups excluding carboxylic acids is 2. The molecule has 0 aliphatic heterocycles. The van der Waals surface area contributed by atoms with Crippen molar-refractivity contribution >= 4 is 11.8 Å². The van der Waals surface area contributed by atoms with Gasteiger partial charge in [0, 0.05) is 11.5 Å². The van der Waals surface area contributed by atoms with Gasteiger partial charge in [-0.15, -0.1) is 0 Å². The number of phenolic OH excluding ortho intramolecular Hbond substituents is 1. The molecule has 6 heteroatoms. The van der Waals surface area contributed by atoms with Crippen LogP contribution in [0, 0.1) is 5.92 Å². The van der Waals surface area contributed by atoms with Gasteiger partial charge in [0.1, 0.15) is 5.75 Å². The van der Waals surface area contributed by atoms with Crippen molar-refractivity contribution in [2.24, 2.45) is 17.4 Å². The van der Waals surface area contributed by atoms with Crippen molar-refractivity contribution < 1.29 is 19.8 Å². The van der Waals surface area contributed by atoms with Gasteiger partial charge in [0.25, 0.3) is 0 Å². The van der Waals surface area contributed by atoms with Gasteiger partial charge in [-0.1, -0.05) is 36.4 Å². The Hall–Kier alpha value is -2.86. The molecule has 0 aromatic heterocycles. The molecule has 2 rings (SSSR count). The van der Waals surface area contributed by atoms with Gasteiger partial charge in [0.2, 0.25) is 11.8 Å². The summed E-state index contributed by atoms with van der Waals surface area (Å²) in [6.07, 6.45) is 0.880. The van der Waals surface area contributed by atoms with E-state index in [1.807, 2.05) is 30.3 Å². The van der Waals surface area contributed by atoms with E-state index in [-0.39, 0.29) is 24.2 Å². The van der Waals surface area contributed by atoms with Crippen molar-refractivity contribution in [1.82, 2.24) is 0 Å². The Labute approximate surface area is 152 Å². The topological polar surface area (TPSA) is 127 Å². The second kappa shape index (κ2) is 9.01. The minimum atomic E-state index is -0.693. The molecule has 0 saturated carbocycles. The first-order chi connectivity index (χ1) is 12.4. The average Bonchev–Trinajstić information content (AvgIpc) is 2.61. The van der Waals surface area contributed by atoms with E-state index >= 15 is 0 Å². The molecular weight excluding hydrogens is 332 g/mol. The number of aryl methyl sites for hydroxylation is 1. The summed E-state index contributed by atoms with van der Waals surface area (Å²) in [5, 5.41) is 19.8. The zero-order chi connectivity index (χ0) is 19.1. The zero-order valence-corrected chi connectivity index (χ0v) is 14.5. The maximum Gasteiger partial charge on any atom is 0.249 e. The van der Waals surface area contributed by atoms with E-state index in [1.165, 1.54) is 12.1 Å². The van der Waals surface area contributed by atoms with Gasteiger partial charge in [-0.2, -0.15) is 0 Å². The van der Waals surface area contributed by atoms with E-state index in [9.17, 15) is 19.8 Å². The van der Waals surface area contributed by atoms with Crippen LogP contribution in [-0.4, -0.2) is 28.1 Å². The molecule has 0 saturated heterocycles. The molecule has 26 heavy (non-hydrogen) atoms. The van der Waals surface area contributed by atoms with E-state index in [0.717, 1.165) is 5.56 Å². The Morgan fingerprint density at radius 1 is 1.04 bits per heavy atom. The molecular formula is C20H24N2O4. The fourth-order valence-corrected chi connectivity index (χ4v) is 2.96. The lowest BCUT2D eigenvalue weighted by molar-refractivity contribution is -0.122. The predicted molar refractivity (Wildman–Crippen MR) is 98.4 cm³/mol. The molecule has 6 N–H and O–H groups in total. The second-order valence-electron chi connectivity index (χ2n) is 6.42. The molecule has 0 heterocycles. The smallest absolute Gasteiger partial charge is 0.249 e. The normalized spacial score (nSPS) is 13.1. The van der Waals surface area contributed by atoms with E-state index in [4.69, 9.17) is 11.5 Å². The van der Waals surface area contributed by atoms with E-state index in [1.54, 1.807) is 6.07 Å². The second-order valence-corrected chi connectivity index (χ2v) is 6.42. The molecule has 0 radical (unpaired) electrons. The number of hydrogen-bond donors (Lipinski definition) is 4. The fraction of sp³-hybridized carbons (Fsp3) is 0.300. The van der Waals surface area contributed by atoms with Gasteiger partial charge in [0.15, 0.2) is 0 Å². The van der Waals surface area contributed by atoms with Crippen molar-refractivity contribution in [1.29, 1.82) is 0 Å². The third-order valence-electron chi connectivity index (χ3n) is 4.39. The molecule has 6 nitrogen and oxygen atoms in total. The molecule has 0 aliphatic carbocycles. The summed E-state index contributed by atoms with van der Waals surface area (Å²) in [7, 11) is 0. The van der Waals surface area contributed by atoms with Gasteiger partial charge >= 0.3 is 0 Å². The lowest BCUT2D eigenvalue weighted by Crippen LogP contribution is -2.30. The number of aromatic hydroxyl groups is 1. The zero-order valence-electron chi connectivity index (χ0n) is 14.5. The van der Waals surface area contributed by atoms with Crippen molar-refractivity contribution in [3.05, 3.63) is 65.2 Å². The summed E-state index contributed by atoms with van der Waals surface area (Å²) in [6.45, 7) is 0. The van der Waals surface area contributed by atoms with Crippen LogP contribution in [0.5, 0.6) is 5.75 Å². The summed E-state index contributed by atoms with van der Waals surface area (Å²) in [6, 6.07) is 14.0. The average molecular weight is 356 g/mol. The van der Waals surface area contributed by atoms with Crippen LogP contribution in [-0.2, 0) is 17.6 Å². The van der Waals surface area contributed by atoms with Crippen LogP contribution < -0.4 is 11.5 Å². The number of aliphatic hydroxyl groups excluding tert-OH is 1. The lowest BCUT2D eigenvalue weighted by Gasteiger charge is -2.19. The van der Waals surface area contributed by atoms with Crippen LogP contribution in [0.25, 0.3) is 0 Å². The van der Waals surface area contributed by atoms with Gasteiger partial charge in [-0.3, -0.25) is 9.59 Å². The standard InChI is InChI=1S/C20H24N2O4/c21-19(25)15(10-14-7-9-17(24)12-18(14)20(22)26)11-16(23)8-6-13-4-2-1-3-5-13/h1-5,7,9,12,15-16,23-24H,6,8,10-11H2,(H2,21,25)(H2,22,26). The van der Waals surface area contributed by atoms with Gasteiger partial charge in [0.05, 0.1) is 6.10 Å². The van der Waals surface area contributed by atoms with E-state index in [2.05, 4.69) is 0 Å². The minimum absolute atomic E-state index is 0.0823. The summed E-state index contributed by atoms with van der Waals surface area (Å²) < 4.78 is 0. The van der Waals surface area contributed by atoms with Crippen molar-refractivity contribution in [3.63, 3.8) is 0 Å². The monoisotopic (exact) mass is 356 g/mol. The number of nitrogens with two attached hydrogens (primary N) is 2. The first kappa shape index (κ1) is 19.5. The quantitative estimate of drug-likeness (QED) is 0.543. The Morgan fingerprint density at radius 3 is 2.35 bits per heavy atom. The number of primary amides is 2. The van der Waals surface area contributed by atoms with Crippen LogP contribution in [0.1, 0.15) is 34.3 Å². The highest BCUT2D eigenvalue weighted by Crippen LogP contribution is 2.22. The van der Waals surface area contributed by atoms with Crippen molar-refractivity contribution in [2.45, 2.75) is 31.8 Å². The third kappa shape index (κ3) is 5.60. The number of phenols is 1. The number of benzene rings is 2. The Balaban J connectivity index is 2.03. The van der Waals surface area contributed by atoms with Gasteiger partial charge < -0.3 is 21.7 Å². The number of carbonyl (C=O) groups is 2. The Bertz CT molecular complexity index is 762. The number of aliphatic hydroxyl groups is 1. The predicted octanol–water partition coefficient (Wildman–Crippen LogP) is 1.52. The van der Waals surface area contributed by atoms with Crippen LogP contribution in [0.4, 0.5) is 0 Å². The van der Waals surface area contributed by atoms with Crippen molar-refractivity contribution in [2.75, 3.05) is 0 Å². The molecule has 2 aromatic rings. The van der Waals surface area contributed by atoms with Crippen LogP contribution in [0.2, 0.25) is 0 Å². The Kier molecular flexibility index (Phi) is 6.74. The highest BCUT2D eigenvalue weighted by atomic mass is 16.3. The SMILES string of the molecule is NC(=O)c1cc(O)ccc1CC(CC(O)CCc1ccccc1)C(N)=O. The van der Waals surface area contributed by atoms with Crippen LogP contribution in [0.15, 0.2) is 48.5 Å². The molecule has 0 aliphatic rings. The molecule has 2 atom stereocenters. The first-order valence-corrected chi connectivity index (χ1v) is 8.49. The molecule has 2 unspecified atom stereocenters. The largest absolute Gasteiger partial charge is 0.508 e. The molecule has 0 spiro atoms. The van der Waals surface area contributed by atoms with E-state index < -0.39 is 23.8 Å². The highest BCUT2D eigenvalue weighted by molar-refractivity contribution is 5.95. The maximum absolute atomic E-state index is 11.8.